The molecule has 0 saturated carbocycles. The van der Waals surface area contributed by atoms with Crippen LogP contribution in [0.3, 0.4) is 0 Å². The molecule has 128 valence electrons. The highest BCUT2D eigenvalue weighted by atomic mass is 32.1. The number of furan rings is 1. The molecule has 1 amide bonds. The molecule has 6 nitrogen and oxygen atoms in total. The number of aryl methyl sites for hydroxylation is 2. The van der Waals surface area contributed by atoms with Gasteiger partial charge in [0.1, 0.15) is 11.5 Å². The predicted molar refractivity (Wildman–Crippen MR) is 95.7 cm³/mol. The topological polar surface area (TPSA) is 85.1 Å². The number of ketones is 1. The van der Waals surface area contributed by atoms with Crippen molar-refractivity contribution in [3.05, 3.63) is 53.1 Å². The maximum absolute atomic E-state index is 12.1. The fourth-order valence-electron chi connectivity index (χ4n) is 2.41. The molecular formula is C18H17N3O3S. The zero-order chi connectivity index (χ0) is 17.8. The van der Waals surface area contributed by atoms with Gasteiger partial charge in [0.25, 0.3) is 0 Å². The van der Waals surface area contributed by atoms with E-state index in [0.29, 0.717) is 28.6 Å². The number of nitrogens with one attached hydrogen (secondary N) is 1. The third-order valence-electron chi connectivity index (χ3n) is 3.65. The molecule has 0 aromatic carbocycles. The molecule has 0 bridgehead atoms. The Hall–Kier alpha value is -2.80. The van der Waals surface area contributed by atoms with Gasteiger partial charge in [0.2, 0.25) is 5.91 Å². The Balaban J connectivity index is 1.57. The summed E-state index contributed by atoms with van der Waals surface area (Å²) >= 11 is 1.37. The molecule has 0 saturated heterocycles. The van der Waals surface area contributed by atoms with Gasteiger partial charge in [-0.2, -0.15) is 0 Å². The van der Waals surface area contributed by atoms with E-state index in [9.17, 15) is 9.59 Å². The molecule has 3 heterocycles. The molecule has 0 radical (unpaired) electrons. The summed E-state index contributed by atoms with van der Waals surface area (Å²) in [6.07, 6.45) is 4.12. The number of hydrogen-bond acceptors (Lipinski definition) is 6. The van der Waals surface area contributed by atoms with Gasteiger partial charge >= 0.3 is 0 Å². The summed E-state index contributed by atoms with van der Waals surface area (Å²) in [5.74, 6) is 1.03. The van der Waals surface area contributed by atoms with Gasteiger partial charge in [0, 0.05) is 36.2 Å². The Labute approximate surface area is 148 Å². The second kappa shape index (κ2) is 7.40. The summed E-state index contributed by atoms with van der Waals surface area (Å²) in [6.45, 7) is 3.24. The van der Waals surface area contributed by atoms with E-state index in [1.165, 1.54) is 18.3 Å². The van der Waals surface area contributed by atoms with E-state index in [0.717, 1.165) is 11.3 Å². The average Bonchev–Trinajstić information content (AvgIpc) is 3.20. The second-order valence-corrected chi connectivity index (χ2v) is 6.42. The van der Waals surface area contributed by atoms with Gasteiger partial charge in [-0.25, -0.2) is 4.98 Å². The zero-order valence-electron chi connectivity index (χ0n) is 13.9. The van der Waals surface area contributed by atoms with Gasteiger partial charge in [-0.05, 0) is 32.0 Å². The van der Waals surface area contributed by atoms with Crippen LogP contribution in [0.5, 0.6) is 0 Å². The van der Waals surface area contributed by atoms with E-state index in [1.807, 2.05) is 17.5 Å². The minimum Gasteiger partial charge on any atom is -0.466 e. The first-order valence-corrected chi connectivity index (χ1v) is 8.67. The smallest absolute Gasteiger partial charge is 0.226 e. The molecule has 0 aliphatic rings. The minimum atomic E-state index is -0.148. The second-order valence-electron chi connectivity index (χ2n) is 5.57. The van der Waals surface area contributed by atoms with Gasteiger partial charge < -0.3 is 9.73 Å². The van der Waals surface area contributed by atoms with Crippen molar-refractivity contribution in [2.45, 2.75) is 26.7 Å². The largest absolute Gasteiger partial charge is 0.466 e. The van der Waals surface area contributed by atoms with Crippen molar-refractivity contribution in [3.8, 4) is 11.3 Å². The first-order chi connectivity index (χ1) is 12.0. The van der Waals surface area contributed by atoms with Crippen LogP contribution in [-0.2, 0) is 11.2 Å². The predicted octanol–water partition coefficient (Wildman–Crippen LogP) is 3.88. The molecule has 0 aliphatic heterocycles. The summed E-state index contributed by atoms with van der Waals surface area (Å²) in [5.41, 5.74) is 2.25. The van der Waals surface area contributed by atoms with E-state index in [2.05, 4.69) is 15.3 Å². The van der Waals surface area contributed by atoms with Gasteiger partial charge in [-0.15, -0.1) is 11.3 Å². The van der Waals surface area contributed by atoms with Crippen molar-refractivity contribution in [1.29, 1.82) is 0 Å². The van der Waals surface area contributed by atoms with Crippen molar-refractivity contribution in [2.75, 3.05) is 5.32 Å². The number of hydrogen-bond donors (Lipinski definition) is 1. The Morgan fingerprint density at radius 2 is 2.20 bits per heavy atom. The first-order valence-electron chi connectivity index (χ1n) is 7.79. The number of rotatable bonds is 6. The van der Waals surface area contributed by atoms with Crippen molar-refractivity contribution < 1.29 is 14.0 Å². The van der Waals surface area contributed by atoms with Crippen molar-refractivity contribution in [3.63, 3.8) is 0 Å². The highest BCUT2D eigenvalue weighted by molar-refractivity contribution is 7.14. The van der Waals surface area contributed by atoms with Crippen LogP contribution in [0.15, 0.2) is 40.4 Å². The van der Waals surface area contributed by atoms with Crippen molar-refractivity contribution in [2.24, 2.45) is 0 Å². The molecule has 3 rings (SSSR count). The first kappa shape index (κ1) is 17.0. The number of carbonyl (C=O) groups is 2. The van der Waals surface area contributed by atoms with Crippen molar-refractivity contribution in [1.82, 2.24) is 9.97 Å². The summed E-state index contributed by atoms with van der Waals surface area (Å²) < 4.78 is 5.52. The standard InChI is InChI=1S/C18H17N3O3S/c1-11(22)15-8-14(24-12(15)2)5-6-17(23)21-18-20-16(10-25-18)13-4-3-7-19-9-13/h3-4,7-10H,5-6H2,1-2H3,(H,20,21,23). The summed E-state index contributed by atoms with van der Waals surface area (Å²) in [6, 6.07) is 5.46. The van der Waals surface area contributed by atoms with E-state index < -0.39 is 0 Å². The number of amides is 1. The molecule has 3 aromatic heterocycles. The van der Waals surface area contributed by atoms with E-state index in [-0.39, 0.29) is 18.1 Å². The van der Waals surface area contributed by atoms with Crippen LogP contribution >= 0.6 is 11.3 Å². The van der Waals surface area contributed by atoms with Crippen molar-refractivity contribution >= 4 is 28.2 Å². The molecular weight excluding hydrogens is 338 g/mol. The molecule has 0 aliphatic carbocycles. The lowest BCUT2D eigenvalue weighted by atomic mass is 10.1. The lowest BCUT2D eigenvalue weighted by Gasteiger charge is -2.00. The summed E-state index contributed by atoms with van der Waals surface area (Å²) in [5, 5.41) is 5.21. The number of Topliss-reactive ketones (excluding diaryl/α,β-unsaturated/α-hetero) is 1. The number of nitrogens with zero attached hydrogens (tertiary/aromatic N) is 2. The maximum atomic E-state index is 12.1. The fraction of sp³-hybridized carbons (Fsp3) is 0.222. The molecule has 25 heavy (non-hydrogen) atoms. The molecule has 0 fully saturated rings. The van der Waals surface area contributed by atoms with Gasteiger partial charge in [0.15, 0.2) is 10.9 Å². The highest BCUT2D eigenvalue weighted by Gasteiger charge is 2.13. The number of pyridine rings is 1. The molecule has 3 aromatic rings. The highest BCUT2D eigenvalue weighted by Crippen LogP contribution is 2.24. The van der Waals surface area contributed by atoms with Crippen LogP contribution in [0.2, 0.25) is 0 Å². The average molecular weight is 355 g/mol. The lowest BCUT2D eigenvalue weighted by Crippen LogP contribution is -2.11. The van der Waals surface area contributed by atoms with Crippen LogP contribution in [0.1, 0.15) is 35.2 Å². The normalized spacial score (nSPS) is 10.6. The SMILES string of the molecule is CC(=O)c1cc(CCC(=O)Nc2nc(-c3cccnc3)cs2)oc1C. The van der Waals surface area contributed by atoms with E-state index >= 15 is 0 Å². The van der Waals surface area contributed by atoms with E-state index in [4.69, 9.17) is 4.42 Å². The lowest BCUT2D eigenvalue weighted by molar-refractivity contribution is -0.116. The maximum Gasteiger partial charge on any atom is 0.226 e. The fourth-order valence-corrected chi connectivity index (χ4v) is 3.15. The number of aromatic nitrogens is 2. The minimum absolute atomic E-state index is 0.0392. The van der Waals surface area contributed by atoms with Gasteiger partial charge in [-0.1, -0.05) is 0 Å². The Morgan fingerprint density at radius 3 is 2.88 bits per heavy atom. The summed E-state index contributed by atoms with van der Waals surface area (Å²) in [7, 11) is 0. The van der Waals surface area contributed by atoms with Crippen LogP contribution in [0, 0.1) is 6.92 Å². The third-order valence-corrected chi connectivity index (χ3v) is 4.41. The summed E-state index contributed by atoms with van der Waals surface area (Å²) in [4.78, 5) is 32.0. The monoisotopic (exact) mass is 355 g/mol. The van der Waals surface area contributed by atoms with Crippen LogP contribution in [0.25, 0.3) is 11.3 Å². The Kier molecular flexibility index (Phi) is 5.04. The number of thiazole rings is 1. The zero-order valence-corrected chi connectivity index (χ0v) is 14.7. The van der Waals surface area contributed by atoms with E-state index in [1.54, 1.807) is 25.4 Å². The van der Waals surface area contributed by atoms with Gasteiger partial charge in [-0.3, -0.25) is 14.6 Å². The van der Waals surface area contributed by atoms with Crippen LogP contribution in [-0.4, -0.2) is 21.7 Å². The molecule has 0 spiro atoms. The van der Waals surface area contributed by atoms with Crippen LogP contribution in [0.4, 0.5) is 5.13 Å². The van der Waals surface area contributed by atoms with Gasteiger partial charge in [0.05, 0.1) is 11.3 Å². The number of carbonyl (C=O) groups excluding carboxylic acids is 2. The van der Waals surface area contributed by atoms with Crippen LogP contribution < -0.4 is 5.32 Å². The quantitative estimate of drug-likeness (QED) is 0.678. The number of anilines is 1. The molecule has 0 atom stereocenters. The molecule has 1 N–H and O–H groups in total. The molecule has 7 heteroatoms. The third kappa shape index (κ3) is 4.19. The Bertz CT molecular complexity index is 899. The molecule has 0 unspecified atom stereocenters. The Morgan fingerprint density at radius 1 is 1.36 bits per heavy atom.